The van der Waals surface area contributed by atoms with Gasteiger partial charge in [0.05, 0.1) is 11.3 Å². The highest BCUT2D eigenvalue weighted by atomic mass is 35.5. The molecular weight excluding hydrogens is 369 g/mol. The van der Waals surface area contributed by atoms with Gasteiger partial charge in [-0.05, 0) is 42.3 Å². The number of carbonyl (C=O) groups excluding carboxylic acids is 1. The molecule has 132 valence electrons. The van der Waals surface area contributed by atoms with Crippen LogP contribution in [0.1, 0.15) is 21.5 Å². The number of nitrogens with zero attached hydrogens (tertiary/aromatic N) is 1. The number of halogens is 2. The van der Waals surface area contributed by atoms with Gasteiger partial charge in [-0.3, -0.25) is 9.78 Å². The van der Waals surface area contributed by atoms with Crippen molar-refractivity contribution in [1.29, 1.82) is 0 Å². The van der Waals surface area contributed by atoms with E-state index in [4.69, 9.17) is 23.2 Å². The Morgan fingerprint density at radius 1 is 1.00 bits per heavy atom. The predicted octanol–water partition coefficient (Wildman–Crippen LogP) is 5.56. The fourth-order valence-electron chi connectivity index (χ4n) is 2.50. The summed E-state index contributed by atoms with van der Waals surface area (Å²) < 4.78 is 0. The molecule has 0 bridgehead atoms. The number of pyridine rings is 1. The maximum absolute atomic E-state index is 12.5. The number of aryl methyl sites for hydroxylation is 1. The van der Waals surface area contributed by atoms with Gasteiger partial charge in [-0.1, -0.05) is 47.5 Å². The van der Waals surface area contributed by atoms with E-state index in [2.05, 4.69) is 34.7 Å². The fraction of sp³-hybridized carbons (Fsp3) is 0.100. The van der Waals surface area contributed by atoms with Crippen LogP contribution in [0.2, 0.25) is 10.0 Å². The summed E-state index contributed by atoms with van der Waals surface area (Å²) in [5.74, 6) is -0.282. The highest BCUT2D eigenvalue weighted by molar-refractivity contribution is 6.35. The molecule has 0 fully saturated rings. The van der Waals surface area contributed by atoms with Crippen molar-refractivity contribution < 1.29 is 4.79 Å². The van der Waals surface area contributed by atoms with E-state index >= 15 is 0 Å². The zero-order valence-corrected chi connectivity index (χ0v) is 15.6. The first-order valence-electron chi connectivity index (χ1n) is 8.02. The molecule has 0 radical (unpaired) electrons. The summed E-state index contributed by atoms with van der Waals surface area (Å²) in [6.45, 7) is 2.72. The van der Waals surface area contributed by atoms with Crippen molar-refractivity contribution >= 4 is 40.5 Å². The van der Waals surface area contributed by atoms with E-state index in [1.54, 1.807) is 30.5 Å². The third kappa shape index (κ3) is 4.75. The Balaban J connectivity index is 1.70. The van der Waals surface area contributed by atoms with Gasteiger partial charge in [-0.15, -0.1) is 0 Å². The first-order valence-corrected chi connectivity index (χ1v) is 8.78. The van der Waals surface area contributed by atoms with Crippen LogP contribution in [0.4, 0.5) is 11.4 Å². The van der Waals surface area contributed by atoms with Gasteiger partial charge in [0.1, 0.15) is 0 Å². The molecule has 26 heavy (non-hydrogen) atoms. The molecule has 1 heterocycles. The van der Waals surface area contributed by atoms with Crippen LogP contribution >= 0.6 is 23.2 Å². The van der Waals surface area contributed by atoms with Crippen LogP contribution in [0.5, 0.6) is 0 Å². The number of hydrogen-bond acceptors (Lipinski definition) is 3. The van der Waals surface area contributed by atoms with E-state index in [0.717, 1.165) is 5.69 Å². The molecule has 0 saturated carbocycles. The van der Waals surface area contributed by atoms with Crippen molar-refractivity contribution in [2.24, 2.45) is 0 Å². The molecule has 3 rings (SSSR count). The van der Waals surface area contributed by atoms with Crippen LogP contribution in [0.15, 0.2) is 60.9 Å². The SMILES string of the molecule is Cc1ccccc1CNc1cncc(C(=O)Nc2cc(Cl)cc(Cl)c2)c1. The van der Waals surface area contributed by atoms with Crippen molar-refractivity contribution in [3.8, 4) is 0 Å². The van der Waals surface area contributed by atoms with Gasteiger partial charge in [-0.2, -0.15) is 0 Å². The van der Waals surface area contributed by atoms with E-state index < -0.39 is 0 Å². The standard InChI is InChI=1S/C20H17Cl2N3O/c1-13-4-2-3-5-14(13)11-24-19-6-15(10-23-12-19)20(26)25-18-8-16(21)7-17(22)9-18/h2-10,12,24H,11H2,1H3,(H,25,26). The Kier molecular flexibility index (Phi) is 5.76. The third-order valence-corrected chi connectivity index (χ3v) is 4.30. The Bertz CT molecular complexity index is 924. The molecule has 1 amide bonds. The Morgan fingerprint density at radius 2 is 1.73 bits per heavy atom. The van der Waals surface area contributed by atoms with E-state index in [-0.39, 0.29) is 5.91 Å². The Morgan fingerprint density at radius 3 is 2.46 bits per heavy atom. The summed E-state index contributed by atoms with van der Waals surface area (Å²) in [4.78, 5) is 16.6. The molecule has 0 aliphatic carbocycles. The summed E-state index contributed by atoms with van der Waals surface area (Å²) in [7, 11) is 0. The van der Waals surface area contributed by atoms with Gasteiger partial charge < -0.3 is 10.6 Å². The predicted molar refractivity (Wildman–Crippen MR) is 107 cm³/mol. The Hall–Kier alpha value is -2.56. The molecular formula is C20H17Cl2N3O. The average Bonchev–Trinajstić information content (AvgIpc) is 2.60. The minimum atomic E-state index is -0.282. The summed E-state index contributed by atoms with van der Waals surface area (Å²) in [5.41, 5.74) is 4.14. The number of anilines is 2. The van der Waals surface area contributed by atoms with E-state index in [9.17, 15) is 4.79 Å². The molecule has 0 aliphatic heterocycles. The number of aromatic nitrogens is 1. The van der Waals surface area contributed by atoms with Crippen molar-refractivity contribution in [2.45, 2.75) is 13.5 Å². The lowest BCUT2D eigenvalue weighted by molar-refractivity contribution is 0.102. The molecule has 1 aromatic heterocycles. The number of benzene rings is 2. The van der Waals surface area contributed by atoms with Gasteiger partial charge in [0.2, 0.25) is 0 Å². The quantitative estimate of drug-likeness (QED) is 0.604. The molecule has 2 aromatic carbocycles. The van der Waals surface area contributed by atoms with Crippen molar-refractivity contribution in [3.63, 3.8) is 0 Å². The number of amides is 1. The van der Waals surface area contributed by atoms with Gasteiger partial charge in [0, 0.05) is 34.7 Å². The van der Waals surface area contributed by atoms with Gasteiger partial charge in [0.25, 0.3) is 5.91 Å². The first-order chi connectivity index (χ1) is 12.5. The number of hydrogen-bond donors (Lipinski definition) is 2. The number of carbonyl (C=O) groups is 1. The van der Waals surface area contributed by atoms with Gasteiger partial charge in [-0.25, -0.2) is 0 Å². The fourth-order valence-corrected chi connectivity index (χ4v) is 3.02. The largest absolute Gasteiger partial charge is 0.380 e. The summed E-state index contributed by atoms with van der Waals surface area (Å²) in [6.07, 6.45) is 3.20. The lowest BCUT2D eigenvalue weighted by Crippen LogP contribution is -2.13. The van der Waals surface area contributed by atoms with Crippen molar-refractivity contribution in [1.82, 2.24) is 4.98 Å². The van der Waals surface area contributed by atoms with Gasteiger partial charge in [0.15, 0.2) is 0 Å². The summed E-state index contributed by atoms with van der Waals surface area (Å²) in [5, 5.41) is 6.98. The van der Waals surface area contributed by atoms with Crippen molar-refractivity contribution in [3.05, 3.63) is 87.7 Å². The third-order valence-electron chi connectivity index (χ3n) is 3.87. The highest BCUT2D eigenvalue weighted by Gasteiger charge is 2.09. The second kappa shape index (κ2) is 8.21. The van der Waals surface area contributed by atoms with Crippen molar-refractivity contribution in [2.75, 3.05) is 10.6 Å². The van der Waals surface area contributed by atoms with Gasteiger partial charge >= 0.3 is 0 Å². The molecule has 0 unspecified atom stereocenters. The highest BCUT2D eigenvalue weighted by Crippen LogP contribution is 2.23. The van der Waals surface area contributed by atoms with Crippen LogP contribution in [-0.2, 0) is 6.54 Å². The summed E-state index contributed by atoms with van der Waals surface area (Å²) >= 11 is 11.9. The zero-order valence-electron chi connectivity index (χ0n) is 14.1. The molecule has 0 atom stereocenters. The molecule has 0 spiro atoms. The van der Waals surface area contributed by atoms with Crippen LogP contribution in [0.25, 0.3) is 0 Å². The van der Waals surface area contributed by atoms with Crippen LogP contribution in [0.3, 0.4) is 0 Å². The van der Waals surface area contributed by atoms with Crippen LogP contribution in [-0.4, -0.2) is 10.9 Å². The van der Waals surface area contributed by atoms with E-state index in [0.29, 0.717) is 27.8 Å². The number of nitrogens with one attached hydrogen (secondary N) is 2. The monoisotopic (exact) mass is 385 g/mol. The molecule has 0 saturated heterocycles. The van der Waals surface area contributed by atoms with Crippen LogP contribution < -0.4 is 10.6 Å². The normalized spacial score (nSPS) is 10.4. The maximum Gasteiger partial charge on any atom is 0.257 e. The molecule has 2 N–H and O–H groups in total. The Labute approximate surface area is 162 Å². The van der Waals surface area contributed by atoms with Crippen LogP contribution in [0, 0.1) is 6.92 Å². The molecule has 3 aromatic rings. The minimum absolute atomic E-state index is 0.282. The lowest BCUT2D eigenvalue weighted by atomic mass is 10.1. The average molecular weight is 386 g/mol. The summed E-state index contributed by atoms with van der Waals surface area (Å²) in [6, 6.07) is 14.8. The molecule has 0 aliphatic rings. The molecule has 4 nitrogen and oxygen atoms in total. The van der Waals surface area contributed by atoms with E-state index in [1.807, 2.05) is 12.1 Å². The second-order valence-electron chi connectivity index (χ2n) is 5.85. The van der Waals surface area contributed by atoms with E-state index in [1.165, 1.54) is 17.3 Å². The minimum Gasteiger partial charge on any atom is -0.380 e. The topological polar surface area (TPSA) is 54.0 Å². The zero-order chi connectivity index (χ0) is 18.5. The number of rotatable bonds is 5. The maximum atomic E-state index is 12.5. The lowest BCUT2D eigenvalue weighted by Gasteiger charge is -2.10. The smallest absolute Gasteiger partial charge is 0.257 e. The molecule has 6 heteroatoms. The first kappa shape index (κ1) is 18.2. The second-order valence-corrected chi connectivity index (χ2v) is 6.73.